The Balaban J connectivity index is 2.70. The molecule has 0 spiro atoms. The van der Waals surface area contributed by atoms with Crippen molar-refractivity contribution in [2.24, 2.45) is 0 Å². The number of esters is 1. The van der Waals surface area contributed by atoms with Crippen molar-refractivity contribution in [3.63, 3.8) is 0 Å². The van der Waals surface area contributed by atoms with E-state index in [-0.39, 0.29) is 17.4 Å². The Labute approximate surface area is 111 Å². The number of aromatic nitrogens is 1. The molecule has 0 aliphatic carbocycles. The fourth-order valence-corrected chi connectivity index (χ4v) is 1.38. The number of aryl methyl sites for hydroxylation is 1. The lowest BCUT2D eigenvalue weighted by Crippen LogP contribution is -2.46. The molecule has 7 heteroatoms. The van der Waals surface area contributed by atoms with Crippen LogP contribution < -0.4 is 11.1 Å². The van der Waals surface area contributed by atoms with Crippen LogP contribution in [0.15, 0.2) is 4.52 Å². The van der Waals surface area contributed by atoms with Gasteiger partial charge in [0.2, 0.25) is 5.88 Å². The first kappa shape index (κ1) is 15.0. The van der Waals surface area contributed by atoms with Gasteiger partial charge in [0.05, 0.1) is 5.69 Å². The van der Waals surface area contributed by atoms with Gasteiger partial charge in [0, 0.05) is 5.54 Å². The number of nitrogens with zero attached hydrogens (tertiary/aromatic N) is 1. The maximum absolute atomic E-state index is 11.8. The van der Waals surface area contributed by atoms with E-state index in [1.165, 1.54) is 6.92 Å². The summed E-state index contributed by atoms with van der Waals surface area (Å²) in [6.07, 6.45) is -0.930. The number of carbonyl (C=O) groups excluding carboxylic acids is 2. The molecule has 0 fully saturated rings. The van der Waals surface area contributed by atoms with Crippen LogP contribution in [0.3, 0.4) is 0 Å². The molecule has 19 heavy (non-hydrogen) atoms. The van der Waals surface area contributed by atoms with Crippen molar-refractivity contribution in [3.8, 4) is 0 Å². The highest BCUT2D eigenvalue weighted by Gasteiger charge is 2.26. The fraction of sp³-hybridized carbons (Fsp3) is 0.583. The number of nitrogens with two attached hydrogens (primary N) is 1. The van der Waals surface area contributed by atoms with Crippen molar-refractivity contribution >= 4 is 17.8 Å². The second kappa shape index (κ2) is 5.29. The molecule has 0 bridgehead atoms. The summed E-state index contributed by atoms with van der Waals surface area (Å²) in [7, 11) is 0. The topological polar surface area (TPSA) is 107 Å². The molecule has 0 aliphatic heterocycles. The number of hydrogen-bond donors (Lipinski definition) is 2. The molecule has 1 atom stereocenters. The van der Waals surface area contributed by atoms with E-state index in [0.29, 0.717) is 5.69 Å². The van der Waals surface area contributed by atoms with E-state index in [2.05, 4.69) is 15.0 Å². The van der Waals surface area contributed by atoms with Gasteiger partial charge < -0.3 is 20.3 Å². The number of hydrogen-bond acceptors (Lipinski definition) is 6. The maximum atomic E-state index is 11.8. The smallest absolute Gasteiger partial charge is 0.346 e. The van der Waals surface area contributed by atoms with Gasteiger partial charge in [0.1, 0.15) is 5.56 Å². The molecule has 106 valence electrons. The number of carbonyl (C=O) groups is 2. The Hall–Kier alpha value is -2.05. The van der Waals surface area contributed by atoms with Gasteiger partial charge in [-0.25, -0.2) is 4.79 Å². The summed E-state index contributed by atoms with van der Waals surface area (Å²) in [5, 5.41) is 6.26. The molecule has 0 aliphatic rings. The molecule has 7 nitrogen and oxygen atoms in total. The fourth-order valence-electron chi connectivity index (χ4n) is 1.38. The molecule has 0 saturated carbocycles. The monoisotopic (exact) mass is 269 g/mol. The number of anilines is 1. The van der Waals surface area contributed by atoms with E-state index in [4.69, 9.17) is 10.5 Å². The summed E-state index contributed by atoms with van der Waals surface area (Å²) in [5.74, 6) is -1.23. The van der Waals surface area contributed by atoms with Crippen LogP contribution in [0.25, 0.3) is 0 Å². The zero-order valence-electron chi connectivity index (χ0n) is 11.7. The summed E-state index contributed by atoms with van der Waals surface area (Å²) in [4.78, 5) is 23.6. The van der Waals surface area contributed by atoms with E-state index in [0.717, 1.165) is 0 Å². The molecule has 1 heterocycles. The van der Waals surface area contributed by atoms with Gasteiger partial charge in [0.15, 0.2) is 6.10 Å². The Morgan fingerprint density at radius 3 is 2.42 bits per heavy atom. The summed E-state index contributed by atoms with van der Waals surface area (Å²) in [6, 6.07) is 0. The second-order valence-electron chi connectivity index (χ2n) is 5.29. The van der Waals surface area contributed by atoms with Gasteiger partial charge in [-0.15, -0.1) is 0 Å². The van der Waals surface area contributed by atoms with Crippen LogP contribution in [0.2, 0.25) is 0 Å². The number of rotatable bonds is 3. The quantitative estimate of drug-likeness (QED) is 0.793. The normalized spacial score (nSPS) is 12.9. The van der Waals surface area contributed by atoms with Crippen molar-refractivity contribution in [2.45, 2.75) is 46.3 Å². The minimum absolute atomic E-state index is 0.0513. The van der Waals surface area contributed by atoms with Crippen LogP contribution in [-0.4, -0.2) is 28.7 Å². The molecule has 1 unspecified atom stereocenters. The summed E-state index contributed by atoms with van der Waals surface area (Å²) in [6.45, 7) is 8.55. The molecule has 1 amide bonds. The number of nitrogens with one attached hydrogen (secondary N) is 1. The molecular weight excluding hydrogens is 250 g/mol. The Bertz CT molecular complexity index is 468. The average Bonchev–Trinajstić information content (AvgIpc) is 2.55. The third kappa shape index (κ3) is 3.97. The van der Waals surface area contributed by atoms with Crippen LogP contribution in [0.4, 0.5) is 5.88 Å². The standard InChI is InChI=1S/C12H19N3O4/c1-6-8(9(13)19-15-6)11(17)18-7(2)10(16)14-12(3,4)5/h7H,13H2,1-5H3,(H,14,16). The number of amides is 1. The average molecular weight is 269 g/mol. The third-order valence-corrected chi connectivity index (χ3v) is 2.24. The maximum Gasteiger partial charge on any atom is 0.346 e. The largest absolute Gasteiger partial charge is 0.449 e. The summed E-state index contributed by atoms with van der Waals surface area (Å²) < 4.78 is 9.70. The molecule has 3 N–H and O–H groups in total. The highest BCUT2D eigenvalue weighted by Crippen LogP contribution is 2.17. The zero-order valence-corrected chi connectivity index (χ0v) is 11.7. The van der Waals surface area contributed by atoms with Crippen LogP contribution in [-0.2, 0) is 9.53 Å². The van der Waals surface area contributed by atoms with Gasteiger partial charge in [0.25, 0.3) is 5.91 Å². The highest BCUT2D eigenvalue weighted by atomic mass is 16.5. The van der Waals surface area contributed by atoms with Crippen molar-refractivity contribution in [3.05, 3.63) is 11.3 Å². The molecular formula is C12H19N3O4. The van der Waals surface area contributed by atoms with Crippen LogP contribution in [0.5, 0.6) is 0 Å². The van der Waals surface area contributed by atoms with E-state index in [1.54, 1.807) is 6.92 Å². The minimum atomic E-state index is -0.930. The number of ether oxygens (including phenoxy) is 1. The molecule has 1 aromatic heterocycles. The van der Waals surface area contributed by atoms with Gasteiger partial charge >= 0.3 is 5.97 Å². The minimum Gasteiger partial charge on any atom is -0.449 e. The molecule has 0 aromatic carbocycles. The second-order valence-corrected chi connectivity index (χ2v) is 5.29. The van der Waals surface area contributed by atoms with Crippen LogP contribution >= 0.6 is 0 Å². The van der Waals surface area contributed by atoms with E-state index >= 15 is 0 Å². The summed E-state index contributed by atoms with van der Waals surface area (Å²) in [5.41, 5.74) is 5.44. The van der Waals surface area contributed by atoms with Crippen molar-refractivity contribution < 1.29 is 18.8 Å². The van der Waals surface area contributed by atoms with Gasteiger partial charge in [-0.3, -0.25) is 4.79 Å². The zero-order chi connectivity index (χ0) is 14.8. The lowest BCUT2D eigenvalue weighted by Gasteiger charge is -2.23. The Morgan fingerprint density at radius 2 is 2.00 bits per heavy atom. The third-order valence-electron chi connectivity index (χ3n) is 2.24. The molecule has 1 aromatic rings. The first-order valence-electron chi connectivity index (χ1n) is 5.86. The highest BCUT2D eigenvalue weighted by molar-refractivity contribution is 5.96. The van der Waals surface area contributed by atoms with Gasteiger partial charge in [-0.1, -0.05) is 5.16 Å². The SMILES string of the molecule is Cc1noc(N)c1C(=O)OC(C)C(=O)NC(C)(C)C. The molecule has 0 saturated heterocycles. The Morgan fingerprint density at radius 1 is 1.42 bits per heavy atom. The van der Waals surface area contributed by atoms with E-state index < -0.39 is 17.6 Å². The first-order chi connectivity index (χ1) is 8.61. The molecule has 0 radical (unpaired) electrons. The predicted octanol–water partition coefficient (Wildman–Crippen LogP) is 1.03. The van der Waals surface area contributed by atoms with Gasteiger partial charge in [-0.05, 0) is 34.6 Å². The van der Waals surface area contributed by atoms with Crippen LogP contribution in [0.1, 0.15) is 43.7 Å². The van der Waals surface area contributed by atoms with Crippen molar-refractivity contribution in [1.82, 2.24) is 10.5 Å². The number of nitrogen functional groups attached to an aromatic ring is 1. The van der Waals surface area contributed by atoms with E-state index in [9.17, 15) is 9.59 Å². The van der Waals surface area contributed by atoms with E-state index in [1.807, 2.05) is 20.8 Å². The predicted molar refractivity (Wildman–Crippen MR) is 68.4 cm³/mol. The lowest BCUT2D eigenvalue weighted by atomic mass is 10.1. The first-order valence-corrected chi connectivity index (χ1v) is 5.86. The van der Waals surface area contributed by atoms with Crippen molar-refractivity contribution in [2.75, 3.05) is 5.73 Å². The van der Waals surface area contributed by atoms with Crippen molar-refractivity contribution in [1.29, 1.82) is 0 Å². The summed E-state index contributed by atoms with van der Waals surface area (Å²) >= 11 is 0. The molecule has 1 rings (SSSR count). The van der Waals surface area contributed by atoms with Crippen LogP contribution in [0, 0.1) is 6.92 Å². The van der Waals surface area contributed by atoms with Gasteiger partial charge in [-0.2, -0.15) is 0 Å². The lowest BCUT2D eigenvalue weighted by molar-refractivity contribution is -0.130. The Kier molecular flexibility index (Phi) is 4.18.